The summed E-state index contributed by atoms with van der Waals surface area (Å²) >= 11 is 0. The number of nitrogens with zero attached hydrogens (tertiary/aromatic N) is 4. The molecule has 0 unspecified atom stereocenters. The number of nitrogens with one attached hydrogen (secondary N) is 1. The predicted molar refractivity (Wildman–Crippen MR) is 75.8 cm³/mol. The van der Waals surface area contributed by atoms with Crippen LogP contribution in [0.1, 0.15) is 23.7 Å². The van der Waals surface area contributed by atoms with Crippen LogP contribution in [0.3, 0.4) is 0 Å². The first-order chi connectivity index (χ1) is 10.1. The molecule has 1 atom stereocenters. The Hall–Kier alpha value is -2.44. The number of carbonyl (C=O) groups is 1. The van der Waals surface area contributed by atoms with Crippen molar-refractivity contribution in [3.05, 3.63) is 46.1 Å². The van der Waals surface area contributed by atoms with Crippen molar-refractivity contribution >= 4 is 5.91 Å². The molecule has 0 spiro atoms. The molecule has 21 heavy (non-hydrogen) atoms. The largest absolute Gasteiger partial charge is 0.340 e. The number of amides is 1. The number of aromatic amines is 1. The first-order valence-corrected chi connectivity index (χ1v) is 6.95. The topological polar surface area (TPSA) is 83.9 Å². The van der Waals surface area contributed by atoms with Crippen LogP contribution < -0.4 is 5.56 Å². The zero-order chi connectivity index (χ0) is 14.8. The van der Waals surface area contributed by atoms with E-state index in [9.17, 15) is 9.59 Å². The summed E-state index contributed by atoms with van der Waals surface area (Å²) in [5.41, 5.74) is 1.52. The molecule has 2 aromatic heterocycles. The maximum Gasteiger partial charge on any atom is 0.267 e. The molecule has 3 rings (SSSR count). The van der Waals surface area contributed by atoms with E-state index < -0.39 is 0 Å². The van der Waals surface area contributed by atoms with Gasteiger partial charge in [0.05, 0.1) is 5.69 Å². The highest BCUT2D eigenvalue weighted by atomic mass is 16.2. The molecule has 1 amide bonds. The number of aromatic nitrogens is 4. The summed E-state index contributed by atoms with van der Waals surface area (Å²) in [6, 6.07) is 5.02. The fraction of sp³-hybridized carbons (Fsp3) is 0.429. The van der Waals surface area contributed by atoms with Crippen LogP contribution in [0.15, 0.2) is 29.2 Å². The number of hydrogen-bond donors (Lipinski definition) is 1. The molecular formula is C14H17N5O2. The fourth-order valence-electron chi connectivity index (χ4n) is 2.63. The van der Waals surface area contributed by atoms with Crippen LogP contribution in [0.4, 0.5) is 0 Å². The molecule has 0 saturated carbocycles. The first-order valence-electron chi connectivity index (χ1n) is 6.95. The Morgan fingerprint density at radius 2 is 2.29 bits per heavy atom. The zero-order valence-electron chi connectivity index (χ0n) is 11.8. The Labute approximate surface area is 121 Å². The van der Waals surface area contributed by atoms with Crippen molar-refractivity contribution in [3.63, 3.8) is 0 Å². The average Bonchev–Trinajstić information content (AvgIpc) is 3.12. The van der Waals surface area contributed by atoms with Gasteiger partial charge in [0.15, 0.2) is 0 Å². The standard InChI is InChI=1S/C14H17N5O2/c1-10-2-3-13(20)19(17-10)9-14(21)18-7-5-11(8-18)12-4-6-15-16-12/h2-4,6,11H,5,7-9H2,1H3,(H,15,16)/t11-/m1/s1. The molecule has 1 fully saturated rings. The number of aryl methyl sites for hydroxylation is 1. The van der Waals surface area contributed by atoms with Crippen LogP contribution >= 0.6 is 0 Å². The van der Waals surface area contributed by atoms with Crippen LogP contribution in [0.5, 0.6) is 0 Å². The van der Waals surface area contributed by atoms with Crippen molar-refractivity contribution < 1.29 is 4.79 Å². The van der Waals surface area contributed by atoms with Crippen molar-refractivity contribution in [2.45, 2.75) is 25.8 Å². The van der Waals surface area contributed by atoms with E-state index in [1.807, 2.05) is 6.07 Å². The van der Waals surface area contributed by atoms with Gasteiger partial charge in [-0.1, -0.05) is 0 Å². The van der Waals surface area contributed by atoms with Gasteiger partial charge in [0.2, 0.25) is 5.91 Å². The molecular weight excluding hydrogens is 270 g/mol. The van der Waals surface area contributed by atoms with Gasteiger partial charge in [-0.05, 0) is 25.5 Å². The minimum absolute atomic E-state index is 0.00376. The first kappa shape index (κ1) is 13.5. The summed E-state index contributed by atoms with van der Waals surface area (Å²) in [6.45, 7) is 3.14. The quantitative estimate of drug-likeness (QED) is 0.879. The van der Waals surface area contributed by atoms with Crippen LogP contribution in [-0.2, 0) is 11.3 Å². The molecule has 1 aliphatic heterocycles. The molecule has 7 nitrogen and oxygen atoms in total. The molecule has 1 N–H and O–H groups in total. The van der Waals surface area contributed by atoms with Gasteiger partial charge in [0.1, 0.15) is 6.54 Å². The number of likely N-dealkylation sites (tertiary alicyclic amines) is 1. The number of hydrogen-bond acceptors (Lipinski definition) is 4. The molecule has 2 aromatic rings. The van der Waals surface area contributed by atoms with Crippen LogP contribution in [0.25, 0.3) is 0 Å². The van der Waals surface area contributed by atoms with E-state index in [0.29, 0.717) is 19.0 Å². The third-order valence-corrected chi connectivity index (χ3v) is 3.79. The Balaban J connectivity index is 1.67. The van der Waals surface area contributed by atoms with Crippen LogP contribution in [0, 0.1) is 6.92 Å². The molecule has 0 radical (unpaired) electrons. The van der Waals surface area contributed by atoms with E-state index in [-0.39, 0.29) is 18.0 Å². The maximum absolute atomic E-state index is 12.3. The zero-order valence-corrected chi connectivity index (χ0v) is 11.8. The second kappa shape index (κ2) is 5.51. The minimum Gasteiger partial charge on any atom is -0.340 e. The van der Waals surface area contributed by atoms with Crippen molar-refractivity contribution in [3.8, 4) is 0 Å². The van der Waals surface area contributed by atoms with Crippen molar-refractivity contribution in [1.29, 1.82) is 0 Å². The van der Waals surface area contributed by atoms with Gasteiger partial charge in [-0.15, -0.1) is 0 Å². The molecule has 1 aliphatic rings. The normalized spacial score (nSPS) is 18.1. The van der Waals surface area contributed by atoms with Crippen molar-refractivity contribution in [1.82, 2.24) is 24.9 Å². The van der Waals surface area contributed by atoms with E-state index in [4.69, 9.17) is 0 Å². The van der Waals surface area contributed by atoms with E-state index in [1.165, 1.54) is 10.7 Å². The summed E-state index contributed by atoms with van der Waals surface area (Å²) in [5.74, 6) is 0.218. The third-order valence-electron chi connectivity index (χ3n) is 3.79. The molecule has 0 aliphatic carbocycles. The van der Waals surface area contributed by atoms with E-state index >= 15 is 0 Å². The van der Waals surface area contributed by atoms with Crippen LogP contribution in [-0.4, -0.2) is 43.9 Å². The van der Waals surface area contributed by atoms with Gasteiger partial charge < -0.3 is 4.90 Å². The smallest absolute Gasteiger partial charge is 0.267 e. The summed E-state index contributed by atoms with van der Waals surface area (Å²) in [6.07, 6.45) is 2.63. The van der Waals surface area contributed by atoms with E-state index in [0.717, 1.165) is 17.8 Å². The second-order valence-corrected chi connectivity index (χ2v) is 5.31. The van der Waals surface area contributed by atoms with Gasteiger partial charge in [-0.25, -0.2) is 4.68 Å². The highest BCUT2D eigenvalue weighted by Crippen LogP contribution is 2.25. The molecule has 7 heteroatoms. The Morgan fingerprint density at radius 1 is 1.43 bits per heavy atom. The Kier molecular flexibility index (Phi) is 3.55. The second-order valence-electron chi connectivity index (χ2n) is 5.31. The molecule has 3 heterocycles. The summed E-state index contributed by atoms with van der Waals surface area (Å²) in [7, 11) is 0. The highest BCUT2D eigenvalue weighted by Gasteiger charge is 2.28. The SMILES string of the molecule is Cc1ccc(=O)n(CC(=O)N2CC[C@@H](c3ccn[nH]3)C2)n1. The lowest BCUT2D eigenvalue weighted by molar-refractivity contribution is -0.131. The number of H-pyrrole nitrogens is 1. The minimum atomic E-state index is -0.252. The molecule has 0 aromatic carbocycles. The third kappa shape index (κ3) is 2.86. The molecule has 0 bridgehead atoms. The van der Waals surface area contributed by atoms with Gasteiger partial charge in [-0.3, -0.25) is 14.7 Å². The average molecular weight is 287 g/mol. The summed E-state index contributed by atoms with van der Waals surface area (Å²) in [4.78, 5) is 25.8. The lowest BCUT2D eigenvalue weighted by Crippen LogP contribution is -2.36. The van der Waals surface area contributed by atoms with Crippen LogP contribution in [0.2, 0.25) is 0 Å². The number of rotatable bonds is 3. The summed E-state index contributed by atoms with van der Waals surface area (Å²) in [5, 5.41) is 11.0. The monoisotopic (exact) mass is 287 g/mol. The fourth-order valence-corrected chi connectivity index (χ4v) is 2.63. The van der Waals surface area contributed by atoms with Gasteiger partial charge in [0, 0.05) is 37.0 Å². The Bertz CT molecular complexity index is 692. The molecule has 1 saturated heterocycles. The highest BCUT2D eigenvalue weighted by molar-refractivity contribution is 5.76. The van der Waals surface area contributed by atoms with Gasteiger partial charge >= 0.3 is 0 Å². The van der Waals surface area contributed by atoms with E-state index in [1.54, 1.807) is 24.1 Å². The lowest BCUT2D eigenvalue weighted by Gasteiger charge is -2.16. The van der Waals surface area contributed by atoms with E-state index in [2.05, 4.69) is 15.3 Å². The van der Waals surface area contributed by atoms with Crippen molar-refractivity contribution in [2.75, 3.05) is 13.1 Å². The van der Waals surface area contributed by atoms with Crippen molar-refractivity contribution in [2.24, 2.45) is 0 Å². The molecule has 110 valence electrons. The van der Waals surface area contributed by atoms with Gasteiger partial charge in [0.25, 0.3) is 5.56 Å². The Morgan fingerprint density at radius 3 is 3.05 bits per heavy atom. The maximum atomic E-state index is 12.3. The predicted octanol–water partition coefficient (Wildman–Crippen LogP) is 0.291. The van der Waals surface area contributed by atoms with Gasteiger partial charge in [-0.2, -0.15) is 10.2 Å². The number of carbonyl (C=O) groups excluding carboxylic acids is 1. The summed E-state index contributed by atoms with van der Waals surface area (Å²) < 4.78 is 1.22. The lowest BCUT2D eigenvalue weighted by atomic mass is 10.1.